The molecular formula is C27H32N2O3S. The van der Waals surface area contributed by atoms with Gasteiger partial charge in [-0.1, -0.05) is 39.8 Å². The van der Waals surface area contributed by atoms with Gasteiger partial charge in [-0.3, -0.25) is 4.79 Å². The number of rotatable bonds is 7. The van der Waals surface area contributed by atoms with Gasteiger partial charge in [-0.15, -0.1) is 11.3 Å². The number of ether oxygens (including phenoxy) is 2. The van der Waals surface area contributed by atoms with E-state index in [1.165, 1.54) is 5.56 Å². The van der Waals surface area contributed by atoms with Gasteiger partial charge < -0.3 is 14.4 Å². The lowest BCUT2D eigenvalue weighted by atomic mass is 9.87. The van der Waals surface area contributed by atoms with Crippen LogP contribution in [0.5, 0.6) is 11.5 Å². The van der Waals surface area contributed by atoms with Crippen molar-refractivity contribution < 1.29 is 14.3 Å². The van der Waals surface area contributed by atoms with Gasteiger partial charge in [0.2, 0.25) is 0 Å². The second-order valence-electron chi connectivity index (χ2n) is 9.43. The Morgan fingerprint density at radius 2 is 1.91 bits per heavy atom. The third kappa shape index (κ3) is 5.22. The van der Waals surface area contributed by atoms with E-state index in [9.17, 15) is 4.79 Å². The van der Waals surface area contributed by atoms with E-state index in [4.69, 9.17) is 14.5 Å². The number of anilines is 1. The first kappa shape index (κ1) is 23.3. The van der Waals surface area contributed by atoms with Crippen LogP contribution >= 0.6 is 11.3 Å². The van der Waals surface area contributed by atoms with Crippen molar-refractivity contribution in [2.24, 2.45) is 0 Å². The van der Waals surface area contributed by atoms with Gasteiger partial charge >= 0.3 is 0 Å². The highest BCUT2D eigenvalue weighted by molar-refractivity contribution is 7.09. The van der Waals surface area contributed by atoms with Gasteiger partial charge in [0.1, 0.15) is 18.1 Å². The summed E-state index contributed by atoms with van der Waals surface area (Å²) in [5.41, 5.74) is 4.06. The smallest absolute Gasteiger partial charge is 0.267 e. The molecule has 174 valence electrons. The van der Waals surface area contributed by atoms with Crippen LogP contribution < -0.4 is 14.4 Å². The van der Waals surface area contributed by atoms with Crippen LogP contribution in [0.4, 0.5) is 5.69 Å². The fraction of sp³-hybridized carbons (Fsp3) is 0.407. The summed E-state index contributed by atoms with van der Waals surface area (Å²) in [5.74, 6) is 1.46. The molecule has 1 amide bonds. The molecular weight excluding hydrogens is 432 g/mol. The van der Waals surface area contributed by atoms with Gasteiger partial charge in [-0.05, 0) is 61.1 Å². The number of fused-ring (bicyclic) bond motifs is 1. The second kappa shape index (κ2) is 9.56. The van der Waals surface area contributed by atoms with E-state index in [1.807, 2.05) is 30.3 Å². The van der Waals surface area contributed by atoms with Crippen molar-refractivity contribution in [1.29, 1.82) is 0 Å². The van der Waals surface area contributed by atoms with Crippen molar-refractivity contribution >= 4 is 22.9 Å². The molecule has 2 aromatic carbocycles. The number of carbonyl (C=O) groups excluding carboxylic acids is 1. The number of nitrogens with zero attached hydrogens (tertiary/aromatic N) is 2. The lowest BCUT2D eigenvalue weighted by molar-refractivity contribution is -0.125. The molecule has 5 nitrogen and oxygen atoms in total. The molecule has 1 aliphatic rings. The van der Waals surface area contributed by atoms with Gasteiger partial charge in [0.25, 0.3) is 5.91 Å². The summed E-state index contributed by atoms with van der Waals surface area (Å²) in [6.07, 6.45) is 1.53. The zero-order valence-electron chi connectivity index (χ0n) is 20.1. The molecule has 33 heavy (non-hydrogen) atoms. The van der Waals surface area contributed by atoms with E-state index in [1.54, 1.807) is 23.2 Å². The van der Waals surface area contributed by atoms with Crippen molar-refractivity contribution in [3.63, 3.8) is 0 Å². The Kier molecular flexibility index (Phi) is 6.75. The third-order valence-corrected chi connectivity index (χ3v) is 6.69. The maximum Gasteiger partial charge on any atom is 0.267 e. The molecule has 0 saturated heterocycles. The molecule has 0 fully saturated rings. The molecule has 1 atom stereocenters. The zero-order chi connectivity index (χ0) is 23.6. The molecule has 4 rings (SSSR count). The maximum atomic E-state index is 13.0. The fourth-order valence-corrected chi connectivity index (χ4v) is 4.78. The van der Waals surface area contributed by atoms with Crippen LogP contribution in [-0.4, -0.2) is 30.1 Å². The number of aromatic nitrogens is 1. The average molecular weight is 465 g/mol. The highest BCUT2D eigenvalue weighted by atomic mass is 32.1. The molecule has 1 aliphatic heterocycles. The lowest BCUT2D eigenvalue weighted by Crippen LogP contribution is -2.46. The van der Waals surface area contributed by atoms with Crippen molar-refractivity contribution in [1.82, 2.24) is 4.98 Å². The van der Waals surface area contributed by atoms with E-state index in [0.29, 0.717) is 18.9 Å². The Balaban J connectivity index is 1.50. The third-order valence-electron chi connectivity index (χ3n) is 5.78. The zero-order valence-corrected chi connectivity index (χ0v) is 20.9. The van der Waals surface area contributed by atoms with Crippen LogP contribution in [0.15, 0.2) is 47.8 Å². The summed E-state index contributed by atoms with van der Waals surface area (Å²) >= 11 is 1.68. The molecule has 0 radical (unpaired) electrons. The monoisotopic (exact) mass is 464 g/mol. The first-order valence-electron chi connectivity index (χ1n) is 11.6. The normalized spacial score (nSPS) is 15.8. The minimum absolute atomic E-state index is 0.0590. The topological polar surface area (TPSA) is 51.7 Å². The average Bonchev–Trinajstić information content (AvgIpc) is 3.25. The number of hydrogen-bond donors (Lipinski definition) is 0. The quantitative estimate of drug-likeness (QED) is 0.414. The molecule has 2 heterocycles. The van der Waals surface area contributed by atoms with Crippen molar-refractivity contribution in [2.75, 3.05) is 18.1 Å². The summed E-state index contributed by atoms with van der Waals surface area (Å²) in [7, 11) is 0. The summed E-state index contributed by atoms with van der Waals surface area (Å²) in [4.78, 5) is 19.5. The molecule has 6 heteroatoms. The van der Waals surface area contributed by atoms with Crippen molar-refractivity contribution in [3.8, 4) is 22.8 Å². The number of amides is 1. The van der Waals surface area contributed by atoms with E-state index in [-0.39, 0.29) is 11.3 Å². The highest BCUT2D eigenvalue weighted by Gasteiger charge is 2.31. The van der Waals surface area contributed by atoms with Crippen LogP contribution in [0.1, 0.15) is 51.6 Å². The summed E-state index contributed by atoms with van der Waals surface area (Å²) < 4.78 is 11.8. The van der Waals surface area contributed by atoms with Crippen LogP contribution in [-0.2, 0) is 16.6 Å². The number of thiazole rings is 1. The minimum atomic E-state index is -0.523. The molecule has 0 aliphatic carbocycles. The van der Waals surface area contributed by atoms with Crippen molar-refractivity contribution in [2.45, 2.75) is 59.0 Å². The summed E-state index contributed by atoms with van der Waals surface area (Å²) in [5, 5.41) is 3.21. The minimum Gasteiger partial charge on any atom is -0.492 e. The fourth-order valence-electron chi connectivity index (χ4n) is 3.88. The predicted molar refractivity (Wildman–Crippen MR) is 135 cm³/mol. The van der Waals surface area contributed by atoms with Gasteiger partial charge in [0, 0.05) is 10.9 Å². The summed E-state index contributed by atoms with van der Waals surface area (Å²) in [6, 6.07) is 14.1. The number of benzene rings is 2. The SMILES string of the molecule is CCCc1nc(-c2ccc3c(c2)N(CCOc2ccc(C(C)(C)C)cc2)C(=O)C(C)O3)cs1. The Morgan fingerprint density at radius 1 is 1.15 bits per heavy atom. The van der Waals surface area contributed by atoms with E-state index in [0.717, 1.165) is 40.5 Å². The van der Waals surface area contributed by atoms with E-state index in [2.05, 4.69) is 45.2 Å². The first-order valence-corrected chi connectivity index (χ1v) is 12.4. The lowest BCUT2D eigenvalue weighted by Gasteiger charge is -2.33. The van der Waals surface area contributed by atoms with Gasteiger partial charge in [0.15, 0.2) is 6.10 Å². The number of hydrogen-bond acceptors (Lipinski definition) is 5. The molecule has 1 aromatic heterocycles. The van der Waals surface area contributed by atoms with Gasteiger partial charge in [0.05, 0.1) is 22.9 Å². The highest BCUT2D eigenvalue weighted by Crippen LogP contribution is 2.38. The maximum absolute atomic E-state index is 13.0. The van der Waals surface area contributed by atoms with Crippen LogP contribution in [0.25, 0.3) is 11.3 Å². The van der Waals surface area contributed by atoms with E-state index < -0.39 is 6.10 Å². The summed E-state index contributed by atoms with van der Waals surface area (Å²) in [6.45, 7) is 11.4. The predicted octanol–water partition coefficient (Wildman–Crippen LogP) is 6.25. The molecule has 3 aromatic rings. The Bertz CT molecular complexity index is 1120. The van der Waals surface area contributed by atoms with Crippen LogP contribution in [0.2, 0.25) is 0 Å². The first-order chi connectivity index (χ1) is 15.8. The van der Waals surface area contributed by atoms with Crippen molar-refractivity contribution in [3.05, 3.63) is 58.4 Å². The molecule has 1 unspecified atom stereocenters. The Labute approximate surface area is 200 Å². The van der Waals surface area contributed by atoms with Crippen LogP contribution in [0, 0.1) is 0 Å². The number of carbonyl (C=O) groups is 1. The Hall–Kier alpha value is -2.86. The standard InChI is InChI=1S/C27H32N2O3S/c1-6-7-25-28-22(17-33-25)19-8-13-24-23(16-19)29(26(30)18(2)32-24)14-15-31-21-11-9-20(10-12-21)27(3,4)5/h8-13,16-18H,6-7,14-15H2,1-5H3. The second-order valence-corrected chi connectivity index (χ2v) is 10.4. The largest absolute Gasteiger partial charge is 0.492 e. The molecule has 0 spiro atoms. The van der Waals surface area contributed by atoms with Gasteiger partial charge in [-0.2, -0.15) is 0 Å². The van der Waals surface area contributed by atoms with Crippen LogP contribution in [0.3, 0.4) is 0 Å². The van der Waals surface area contributed by atoms with Gasteiger partial charge in [-0.25, -0.2) is 4.98 Å². The Morgan fingerprint density at radius 3 is 2.61 bits per heavy atom. The molecule has 0 saturated carbocycles. The number of aryl methyl sites for hydroxylation is 1. The van der Waals surface area contributed by atoms with E-state index >= 15 is 0 Å². The molecule has 0 bridgehead atoms. The molecule has 0 N–H and O–H groups in total.